The van der Waals surface area contributed by atoms with Crippen molar-refractivity contribution in [3.8, 4) is 0 Å². The summed E-state index contributed by atoms with van der Waals surface area (Å²) in [5, 5.41) is 4.17. The topological polar surface area (TPSA) is 64.9 Å². The number of hydrogen-bond acceptors (Lipinski definition) is 4. The van der Waals surface area contributed by atoms with Gasteiger partial charge in [-0.2, -0.15) is 4.98 Å². The molecule has 2 N–H and O–H groups in total. The summed E-state index contributed by atoms with van der Waals surface area (Å²) in [5.41, 5.74) is 6.10. The third kappa shape index (κ3) is 4.03. The average Bonchev–Trinajstić information content (AvgIpc) is 2.84. The largest absolute Gasteiger partial charge is 0.339 e. The molecule has 1 atom stereocenters. The Kier molecular flexibility index (Phi) is 4.61. The molecule has 19 heavy (non-hydrogen) atoms. The van der Waals surface area contributed by atoms with Crippen LogP contribution in [-0.2, 0) is 6.42 Å². The SMILES string of the molecule is CC(CN)CCc1nc(C2CCC(C)(C)CC2)no1. The first-order chi connectivity index (χ1) is 9.00. The smallest absolute Gasteiger partial charge is 0.226 e. The number of hydrogen-bond donors (Lipinski definition) is 1. The Balaban J connectivity index is 1.87. The van der Waals surface area contributed by atoms with Gasteiger partial charge in [0.2, 0.25) is 5.89 Å². The van der Waals surface area contributed by atoms with Crippen molar-refractivity contribution in [3.05, 3.63) is 11.7 Å². The van der Waals surface area contributed by atoms with E-state index >= 15 is 0 Å². The van der Waals surface area contributed by atoms with Crippen LogP contribution in [0, 0.1) is 11.3 Å². The van der Waals surface area contributed by atoms with Gasteiger partial charge in [0.15, 0.2) is 5.82 Å². The van der Waals surface area contributed by atoms with Crippen LogP contribution in [0.5, 0.6) is 0 Å². The number of aromatic nitrogens is 2. The van der Waals surface area contributed by atoms with E-state index in [1.54, 1.807) is 0 Å². The van der Waals surface area contributed by atoms with E-state index in [4.69, 9.17) is 10.3 Å². The number of nitrogens with two attached hydrogens (primary N) is 1. The molecule has 1 unspecified atom stereocenters. The third-order valence-electron chi connectivity index (χ3n) is 4.44. The first-order valence-electron chi connectivity index (χ1n) is 7.53. The molecule has 2 rings (SSSR count). The Hall–Kier alpha value is -0.900. The van der Waals surface area contributed by atoms with Gasteiger partial charge in [-0.1, -0.05) is 25.9 Å². The first kappa shape index (κ1) is 14.5. The van der Waals surface area contributed by atoms with Crippen molar-refractivity contribution in [1.82, 2.24) is 10.1 Å². The van der Waals surface area contributed by atoms with Crippen LogP contribution in [0.2, 0.25) is 0 Å². The van der Waals surface area contributed by atoms with E-state index in [0.717, 1.165) is 31.1 Å². The summed E-state index contributed by atoms with van der Waals surface area (Å²) < 4.78 is 5.36. The van der Waals surface area contributed by atoms with Gasteiger partial charge in [-0.05, 0) is 50.0 Å². The quantitative estimate of drug-likeness (QED) is 0.887. The summed E-state index contributed by atoms with van der Waals surface area (Å²) in [7, 11) is 0. The Bertz CT molecular complexity index is 390. The van der Waals surface area contributed by atoms with Crippen LogP contribution in [-0.4, -0.2) is 16.7 Å². The maximum atomic E-state index is 5.62. The van der Waals surface area contributed by atoms with Crippen molar-refractivity contribution in [2.45, 2.75) is 65.2 Å². The monoisotopic (exact) mass is 265 g/mol. The van der Waals surface area contributed by atoms with Crippen molar-refractivity contribution < 1.29 is 4.52 Å². The third-order valence-corrected chi connectivity index (χ3v) is 4.44. The van der Waals surface area contributed by atoms with E-state index in [-0.39, 0.29) is 0 Å². The number of rotatable bonds is 5. The van der Waals surface area contributed by atoms with Crippen molar-refractivity contribution in [2.75, 3.05) is 6.54 Å². The highest BCUT2D eigenvalue weighted by molar-refractivity contribution is 4.99. The number of nitrogens with zero attached hydrogens (tertiary/aromatic N) is 2. The molecule has 1 aromatic rings. The zero-order valence-electron chi connectivity index (χ0n) is 12.5. The average molecular weight is 265 g/mol. The van der Waals surface area contributed by atoms with Crippen molar-refractivity contribution >= 4 is 0 Å². The summed E-state index contributed by atoms with van der Waals surface area (Å²) in [5.74, 6) is 2.72. The van der Waals surface area contributed by atoms with Gasteiger partial charge in [0.25, 0.3) is 0 Å². The maximum absolute atomic E-state index is 5.62. The van der Waals surface area contributed by atoms with Gasteiger partial charge >= 0.3 is 0 Å². The zero-order valence-corrected chi connectivity index (χ0v) is 12.5. The molecule has 0 amide bonds. The molecule has 0 spiro atoms. The molecule has 1 saturated carbocycles. The molecule has 0 radical (unpaired) electrons. The minimum atomic E-state index is 0.486. The minimum absolute atomic E-state index is 0.486. The van der Waals surface area contributed by atoms with Gasteiger partial charge in [0.05, 0.1) is 0 Å². The summed E-state index contributed by atoms with van der Waals surface area (Å²) in [6.45, 7) is 7.57. The lowest BCUT2D eigenvalue weighted by molar-refractivity contribution is 0.218. The fraction of sp³-hybridized carbons (Fsp3) is 0.867. The van der Waals surface area contributed by atoms with E-state index in [2.05, 4.69) is 30.9 Å². The molecule has 4 nitrogen and oxygen atoms in total. The van der Waals surface area contributed by atoms with Gasteiger partial charge in [0, 0.05) is 12.3 Å². The first-order valence-corrected chi connectivity index (χ1v) is 7.53. The predicted octanol–water partition coefficient (Wildman–Crippen LogP) is 3.28. The molecule has 0 saturated heterocycles. The Morgan fingerprint density at radius 2 is 2.05 bits per heavy atom. The molecule has 1 heterocycles. The molecular weight excluding hydrogens is 238 g/mol. The van der Waals surface area contributed by atoms with Crippen LogP contribution in [0.3, 0.4) is 0 Å². The van der Waals surface area contributed by atoms with Gasteiger partial charge in [-0.25, -0.2) is 0 Å². The van der Waals surface area contributed by atoms with E-state index in [1.165, 1.54) is 25.7 Å². The van der Waals surface area contributed by atoms with Crippen molar-refractivity contribution in [3.63, 3.8) is 0 Å². The van der Waals surface area contributed by atoms with Gasteiger partial charge in [0.1, 0.15) is 0 Å². The molecule has 1 aliphatic carbocycles. The molecular formula is C15H27N3O. The van der Waals surface area contributed by atoms with E-state index in [1.807, 2.05) is 0 Å². The molecule has 0 aromatic carbocycles. The van der Waals surface area contributed by atoms with Gasteiger partial charge in [-0.3, -0.25) is 0 Å². The zero-order chi connectivity index (χ0) is 13.9. The molecule has 1 fully saturated rings. The summed E-state index contributed by atoms with van der Waals surface area (Å²) in [6.07, 6.45) is 6.76. The highest BCUT2D eigenvalue weighted by Gasteiger charge is 2.30. The van der Waals surface area contributed by atoms with Crippen molar-refractivity contribution in [2.24, 2.45) is 17.1 Å². The molecule has 4 heteroatoms. The summed E-state index contributed by atoms with van der Waals surface area (Å²) in [6, 6.07) is 0. The summed E-state index contributed by atoms with van der Waals surface area (Å²) >= 11 is 0. The minimum Gasteiger partial charge on any atom is -0.339 e. The maximum Gasteiger partial charge on any atom is 0.226 e. The van der Waals surface area contributed by atoms with Gasteiger partial charge < -0.3 is 10.3 Å². The van der Waals surface area contributed by atoms with E-state index < -0.39 is 0 Å². The fourth-order valence-electron chi connectivity index (χ4n) is 2.68. The standard InChI is InChI=1S/C15H27N3O/c1-11(10-16)4-5-13-17-14(18-19-13)12-6-8-15(2,3)9-7-12/h11-12H,4-10,16H2,1-3H3. The van der Waals surface area contributed by atoms with Crippen LogP contribution in [0.15, 0.2) is 4.52 Å². The van der Waals surface area contributed by atoms with Crippen LogP contribution in [0.4, 0.5) is 0 Å². The summed E-state index contributed by atoms with van der Waals surface area (Å²) in [4.78, 5) is 4.57. The Labute approximate surface area is 116 Å². The van der Waals surface area contributed by atoms with E-state index in [9.17, 15) is 0 Å². The molecule has 1 aliphatic rings. The van der Waals surface area contributed by atoms with E-state index in [0.29, 0.717) is 17.3 Å². The molecule has 0 aliphatic heterocycles. The van der Waals surface area contributed by atoms with Crippen molar-refractivity contribution in [1.29, 1.82) is 0 Å². The molecule has 108 valence electrons. The second-order valence-electron chi connectivity index (χ2n) is 6.86. The lowest BCUT2D eigenvalue weighted by Gasteiger charge is -2.32. The molecule has 1 aromatic heterocycles. The predicted molar refractivity (Wildman–Crippen MR) is 75.8 cm³/mol. The second kappa shape index (κ2) is 6.04. The fourth-order valence-corrected chi connectivity index (χ4v) is 2.68. The highest BCUT2D eigenvalue weighted by Crippen LogP contribution is 2.41. The van der Waals surface area contributed by atoms with Crippen LogP contribution < -0.4 is 5.73 Å². The van der Waals surface area contributed by atoms with Crippen LogP contribution in [0.1, 0.15) is 70.5 Å². The second-order valence-corrected chi connectivity index (χ2v) is 6.86. The van der Waals surface area contributed by atoms with Gasteiger partial charge in [-0.15, -0.1) is 0 Å². The number of aryl methyl sites for hydroxylation is 1. The van der Waals surface area contributed by atoms with Crippen LogP contribution >= 0.6 is 0 Å². The Morgan fingerprint density at radius 3 is 2.68 bits per heavy atom. The van der Waals surface area contributed by atoms with Crippen LogP contribution in [0.25, 0.3) is 0 Å². The Morgan fingerprint density at radius 1 is 1.37 bits per heavy atom. The highest BCUT2D eigenvalue weighted by atomic mass is 16.5. The normalized spacial score (nSPS) is 21.5. The lowest BCUT2D eigenvalue weighted by atomic mass is 9.73. The lowest BCUT2D eigenvalue weighted by Crippen LogP contribution is -2.20. The molecule has 0 bridgehead atoms.